The van der Waals surface area contributed by atoms with E-state index < -0.39 is 11.8 Å². The molecule has 2 rings (SSSR count). The van der Waals surface area contributed by atoms with E-state index in [0.29, 0.717) is 0 Å². The summed E-state index contributed by atoms with van der Waals surface area (Å²) in [6.07, 6.45) is 1.98. The maximum atomic E-state index is 13.8. The molecule has 0 bridgehead atoms. The molecule has 1 aromatic carbocycles. The van der Waals surface area contributed by atoms with E-state index in [2.05, 4.69) is 10.2 Å². The van der Waals surface area contributed by atoms with Gasteiger partial charge in [0.15, 0.2) is 0 Å². The molecule has 0 aliphatic carbocycles. The number of carboxylic acid groups (broad SMARTS) is 1. The summed E-state index contributed by atoms with van der Waals surface area (Å²) in [5.41, 5.74) is 5.56. The van der Waals surface area contributed by atoms with Crippen LogP contribution in [0, 0.1) is 5.82 Å². The van der Waals surface area contributed by atoms with E-state index in [0.717, 1.165) is 32.0 Å². The third-order valence-electron chi connectivity index (χ3n) is 3.35. The van der Waals surface area contributed by atoms with Gasteiger partial charge < -0.3 is 21.1 Å². The number of nitrogens with two attached hydrogens (primary N) is 1. The first-order valence-electron chi connectivity index (χ1n) is 6.24. The summed E-state index contributed by atoms with van der Waals surface area (Å²) in [7, 11) is 2.01. The molecular formula is C13H18FN3O2. The number of carboxylic acids is 1. The molecule has 1 saturated heterocycles. The van der Waals surface area contributed by atoms with Gasteiger partial charge in [-0.15, -0.1) is 0 Å². The lowest BCUT2D eigenvalue weighted by atomic mass is 10.1. The molecule has 6 heteroatoms. The summed E-state index contributed by atoms with van der Waals surface area (Å²) in [5.74, 6) is -1.67. The van der Waals surface area contributed by atoms with Gasteiger partial charge >= 0.3 is 5.97 Å². The van der Waals surface area contributed by atoms with Gasteiger partial charge in [0.25, 0.3) is 0 Å². The number of piperidine rings is 1. The molecule has 0 aromatic heterocycles. The van der Waals surface area contributed by atoms with Crippen LogP contribution in [0.3, 0.4) is 0 Å². The molecule has 0 spiro atoms. The van der Waals surface area contributed by atoms with Gasteiger partial charge in [-0.1, -0.05) is 0 Å². The number of likely N-dealkylation sites (tertiary alicyclic amines) is 1. The monoisotopic (exact) mass is 267 g/mol. The van der Waals surface area contributed by atoms with Crippen LogP contribution in [-0.4, -0.2) is 42.2 Å². The van der Waals surface area contributed by atoms with Crippen molar-refractivity contribution in [2.24, 2.45) is 0 Å². The molecule has 0 saturated carbocycles. The van der Waals surface area contributed by atoms with Crippen molar-refractivity contribution in [2.75, 3.05) is 31.2 Å². The highest BCUT2D eigenvalue weighted by Gasteiger charge is 2.19. The lowest BCUT2D eigenvalue weighted by Gasteiger charge is -2.31. The van der Waals surface area contributed by atoms with E-state index in [1.54, 1.807) is 0 Å². The van der Waals surface area contributed by atoms with Crippen molar-refractivity contribution >= 4 is 17.3 Å². The molecule has 0 radical (unpaired) electrons. The second-order valence-corrected chi connectivity index (χ2v) is 4.97. The number of rotatable bonds is 3. The maximum absolute atomic E-state index is 13.8. The second kappa shape index (κ2) is 5.44. The highest BCUT2D eigenvalue weighted by Crippen LogP contribution is 2.24. The molecule has 1 atom stereocenters. The Labute approximate surface area is 111 Å². The minimum atomic E-state index is -1.15. The van der Waals surface area contributed by atoms with Crippen LogP contribution >= 0.6 is 0 Å². The minimum absolute atomic E-state index is 0.0590. The molecule has 4 N–H and O–H groups in total. The normalized spacial score (nSPS) is 20.2. The van der Waals surface area contributed by atoms with Gasteiger partial charge in [-0.2, -0.15) is 0 Å². The highest BCUT2D eigenvalue weighted by molar-refractivity contribution is 5.94. The Morgan fingerprint density at radius 2 is 2.32 bits per heavy atom. The van der Waals surface area contributed by atoms with Gasteiger partial charge in [-0.3, -0.25) is 0 Å². The first kappa shape index (κ1) is 13.6. The van der Waals surface area contributed by atoms with Crippen molar-refractivity contribution in [3.05, 3.63) is 23.5 Å². The minimum Gasteiger partial charge on any atom is -0.478 e. The van der Waals surface area contributed by atoms with Gasteiger partial charge in [-0.25, -0.2) is 9.18 Å². The number of aromatic carboxylic acids is 1. The molecular weight excluding hydrogens is 249 g/mol. The Morgan fingerprint density at radius 1 is 1.58 bits per heavy atom. The molecule has 104 valence electrons. The maximum Gasteiger partial charge on any atom is 0.337 e. The fraction of sp³-hybridized carbons (Fsp3) is 0.462. The van der Waals surface area contributed by atoms with E-state index in [1.807, 2.05) is 7.05 Å². The van der Waals surface area contributed by atoms with E-state index in [4.69, 9.17) is 10.8 Å². The molecule has 1 aliphatic rings. The SMILES string of the molecule is CN1CCCC(Nc2cc(C(=O)O)c(N)cc2F)C1. The summed E-state index contributed by atoms with van der Waals surface area (Å²) >= 11 is 0. The van der Waals surface area contributed by atoms with Crippen molar-refractivity contribution in [3.63, 3.8) is 0 Å². The summed E-state index contributed by atoms with van der Waals surface area (Å²) in [6.45, 7) is 1.84. The Kier molecular flexibility index (Phi) is 3.90. The van der Waals surface area contributed by atoms with Crippen molar-refractivity contribution in [2.45, 2.75) is 18.9 Å². The lowest BCUT2D eigenvalue weighted by molar-refractivity contribution is 0.0698. The van der Waals surface area contributed by atoms with Gasteiger partial charge in [0.2, 0.25) is 0 Å². The van der Waals surface area contributed by atoms with Crippen molar-refractivity contribution < 1.29 is 14.3 Å². The van der Waals surface area contributed by atoms with Gasteiger partial charge in [0.1, 0.15) is 5.82 Å². The average Bonchev–Trinajstić information content (AvgIpc) is 2.32. The predicted molar refractivity (Wildman–Crippen MR) is 71.9 cm³/mol. The average molecular weight is 267 g/mol. The van der Waals surface area contributed by atoms with Gasteiger partial charge in [-0.05, 0) is 38.6 Å². The first-order valence-corrected chi connectivity index (χ1v) is 6.24. The van der Waals surface area contributed by atoms with Crippen LogP contribution in [0.5, 0.6) is 0 Å². The number of halogens is 1. The molecule has 1 aromatic rings. The van der Waals surface area contributed by atoms with Crippen molar-refractivity contribution in [1.82, 2.24) is 4.90 Å². The number of anilines is 2. The largest absolute Gasteiger partial charge is 0.478 e. The smallest absolute Gasteiger partial charge is 0.337 e. The third kappa shape index (κ3) is 3.14. The van der Waals surface area contributed by atoms with Crippen molar-refractivity contribution in [1.29, 1.82) is 0 Å². The predicted octanol–water partition coefficient (Wildman–Crippen LogP) is 1.61. The topological polar surface area (TPSA) is 78.6 Å². The number of nitrogens with zero attached hydrogens (tertiary/aromatic N) is 1. The summed E-state index contributed by atoms with van der Waals surface area (Å²) in [6, 6.07) is 2.44. The van der Waals surface area contributed by atoms with Crippen LogP contribution in [-0.2, 0) is 0 Å². The molecule has 1 aliphatic heterocycles. The summed E-state index contributed by atoms with van der Waals surface area (Å²) in [4.78, 5) is 13.2. The molecule has 19 heavy (non-hydrogen) atoms. The van der Waals surface area contributed by atoms with Crippen LogP contribution < -0.4 is 11.1 Å². The van der Waals surface area contributed by atoms with Crippen LogP contribution in [0.15, 0.2) is 12.1 Å². The van der Waals surface area contributed by atoms with Crippen LogP contribution in [0.2, 0.25) is 0 Å². The standard InChI is InChI=1S/C13H18FN3O2/c1-17-4-2-3-8(7-17)16-12-5-9(13(18)19)11(15)6-10(12)14/h5-6,8,16H,2-4,7,15H2,1H3,(H,18,19). The van der Waals surface area contributed by atoms with E-state index >= 15 is 0 Å². The lowest BCUT2D eigenvalue weighted by Crippen LogP contribution is -2.39. The summed E-state index contributed by atoms with van der Waals surface area (Å²) < 4.78 is 13.8. The number of hydrogen-bond acceptors (Lipinski definition) is 4. The highest BCUT2D eigenvalue weighted by atomic mass is 19.1. The fourth-order valence-corrected chi connectivity index (χ4v) is 2.39. The molecule has 1 fully saturated rings. The fourth-order valence-electron chi connectivity index (χ4n) is 2.39. The first-order chi connectivity index (χ1) is 8.97. The molecule has 5 nitrogen and oxygen atoms in total. The number of likely N-dealkylation sites (N-methyl/N-ethyl adjacent to an activating group) is 1. The van der Waals surface area contributed by atoms with Crippen LogP contribution in [0.25, 0.3) is 0 Å². The Balaban J connectivity index is 2.19. The zero-order valence-electron chi connectivity index (χ0n) is 10.8. The zero-order chi connectivity index (χ0) is 14.0. The van der Waals surface area contributed by atoms with Crippen molar-refractivity contribution in [3.8, 4) is 0 Å². The summed E-state index contributed by atoms with van der Waals surface area (Å²) in [5, 5.41) is 12.1. The van der Waals surface area contributed by atoms with Crippen LogP contribution in [0.1, 0.15) is 23.2 Å². The van der Waals surface area contributed by atoms with E-state index in [9.17, 15) is 9.18 Å². The van der Waals surface area contributed by atoms with Gasteiger partial charge in [0.05, 0.1) is 11.3 Å². The molecule has 1 heterocycles. The Bertz CT molecular complexity index is 493. The van der Waals surface area contributed by atoms with Crippen LogP contribution in [0.4, 0.5) is 15.8 Å². The molecule has 0 amide bonds. The number of hydrogen-bond donors (Lipinski definition) is 3. The quantitative estimate of drug-likeness (QED) is 0.725. The third-order valence-corrected chi connectivity index (χ3v) is 3.35. The van der Waals surface area contributed by atoms with E-state index in [-0.39, 0.29) is 23.0 Å². The Morgan fingerprint density at radius 3 is 2.95 bits per heavy atom. The number of nitrogens with one attached hydrogen (secondary N) is 1. The number of nitrogen functional groups attached to an aromatic ring is 1. The zero-order valence-corrected chi connectivity index (χ0v) is 10.8. The Hall–Kier alpha value is -1.82. The molecule has 1 unspecified atom stereocenters. The second-order valence-electron chi connectivity index (χ2n) is 4.97. The number of benzene rings is 1. The van der Waals surface area contributed by atoms with E-state index in [1.165, 1.54) is 6.07 Å². The number of carbonyl (C=O) groups is 1. The van der Waals surface area contributed by atoms with Gasteiger partial charge in [0, 0.05) is 18.3 Å².